The molecule has 28 heavy (non-hydrogen) atoms. The SMILES string of the molecule is Cc1ccccc1C(=O)NC(CC(C)C)C(=O)N1C[C@H](C(=O)O)[C@@H](C2CC2)C1. The number of hydrogen-bond acceptors (Lipinski definition) is 3. The number of likely N-dealkylation sites (tertiary alicyclic amines) is 1. The molecule has 1 aliphatic heterocycles. The molecule has 1 aromatic carbocycles. The van der Waals surface area contributed by atoms with Crippen molar-refractivity contribution in [3.63, 3.8) is 0 Å². The Morgan fingerprint density at radius 1 is 1.18 bits per heavy atom. The van der Waals surface area contributed by atoms with E-state index in [1.54, 1.807) is 17.0 Å². The molecule has 1 heterocycles. The Morgan fingerprint density at radius 2 is 1.86 bits per heavy atom. The van der Waals surface area contributed by atoms with Gasteiger partial charge in [-0.15, -0.1) is 0 Å². The lowest BCUT2D eigenvalue weighted by atomic mass is 9.92. The van der Waals surface area contributed by atoms with Crippen LogP contribution in [0.3, 0.4) is 0 Å². The minimum absolute atomic E-state index is 0.0354. The summed E-state index contributed by atoms with van der Waals surface area (Å²) in [7, 11) is 0. The molecule has 152 valence electrons. The van der Waals surface area contributed by atoms with Gasteiger partial charge in [0.15, 0.2) is 0 Å². The molecular formula is C22H30N2O4. The summed E-state index contributed by atoms with van der Waals surface area (Å²) in [6.07, 6.45) is 2.63. The first kappa shape index (κ1) is 20.4. The Bertz CT molecular complexity index is 757. The highest BCUT2D eigenvalue weighted by Gasteiger charge is 2.47. The molecule has 1 aliphatic carbocycles. The summed E-state index contributed by atoms with van der Waals surface area (Å²) in [5.74, 6) is -1.06. The van der Waals surface area contributed by atoms with E-state index in [0.29, 0.717) is 24.4 Å². The summed E-state index contributed by atoms with van der Waals surface area (Å²) in [5, 5.41) is 12.5. The molecule has 2 amide bonds. The number of rotatable bonds is 7. The van der Waals surface area contributed by atoms with E-state index < -0.39 is 17.9 Å². The van der Waals surface area contributed by atoms with Crippen molar-refractivity contribution in [1.29, 1.82) is 0 Å². The number of nitrogens with zero attached hydrogens (tertiary/aromatic N) is 1. The van der Waals surface area contributed by atoms with Gasteiger partial charge in [0.2, 0.25) is 5.91 Å². The predicted molar refractivity (Wildman–Crippen MR) is 106 cm³/mol. The number of carboxylic acids is 1. The molecule has 6 nitrogen and oxygen atoms in total. The molecular weight excluding hydrogens is 356 g/mol. The Hall–Kier alpha value is -2.37. The second-order valence-corrected chi connectivity index (χ2v) is 8.66. The van der Waals surface area contributed by atoms with E-state index in [1.165, 1.54) is 0 Å². The van der Waals surface area contributed by atoms with Gasteiger partial charge in [-0.2, -0.15) is 0 Å². The molecule has 0 spiro atoms. The molecule has 0 aromatic heterocycles. The lowest BCUT2D eigenvalue weighted by molar-refractivity contribution is -0.142. The number of carbonyl (C=O) groups excluding carboxylic acids is 2. The van der Waals surface area contributed by atoms with Crippen LogP contribution in [0.2, 0.25) is 0 Å². The third kappa shape index (κ3) is 4.54. The number of aryl methyl sites for hydroxylation is 1. The molecule has 1 unspecified atom stereocenters. The maximum atomic E-state index is 13.2. The third-order valence-electron chi connectivity index (χ3n) is 5.92. The first-order valence-electron chi connectivity index (χ1n) is 10.2. The average Bonchev–Trinajstić information content (AvgIpc) is 3.38. The second kappa shape index (κ2) is 8.33. The van der Waals surface area contributed by atoms with Crippen LogP contribution in [-0.2, 0) is 9.59 Å². The van der Waals surface area contributed by atoms with Crippen molar-refractivity contribution in [2.75, 3.05) is 13.1 Å². The molecule has 6 heteroatoms. The van der Waals surface area contributed by atoms with Gasteiger partial charge in [0.25, 0.3) is 5.91 Å². The van der Waals surface area contributed by atoms with Crippen LogP contribution in [-0.4, -0.2) is 46.9 Å². The Kier molecular flexibility index (Phi) is 6.06. The zero-order valence-corrected chi connectivity index (χ0v) is 16.9. The van der Waals surface area contributed by atoms with Crippen molar-refractivity contribution in [3.05, 3.63) is 35.4 Å². The van der Waals surface area contributed by atoms with E-state index in [0.717, 1.165) is 18.4 Å². The highest BCUT2D eigenvalue weighted by Crippen LogP contribution is 2.44. The van der Waals surface area contributed by atoms with E-state index in [9.17, 15) is 19.5 Å². The summed E-state index contributed by atoms with van der Waals surface area (Å²) in [6.45, 7) is 6.61. The Morgan fingerprint density at radius 3 is 2.43 bits per heavy atom. The van der Waals surface area contributed by atoms with Crippen molar-refractivity contribution in [2.24, 2.45) is 23.7 Å². The summed E-state index contributed by atoms with van der Waals surface area (Å²) < 4.78 is 0. The highest BCUT2D eigenvalue weighted by molar-refractivity contribution is 5.98. The van der Waals surface area contributed by atoms with Gasteiger partial charge in [0.05, 0.1) is 5.92 Å². The van der Waals surface area contributed by atoms with E-state index in [4.69, 9.17) is 0 Å². The molecule has 2 fully saturated rings. The van der Waals surface area contributed by atoms with Crippen LogP contribution >= 0.6 is 0 Å². The molecule has 2 N–H and O–H groups in total. The summed E-state index contributed by atoms with van der Waals surface area (Å²) in [5.41, 5.74) is 1.42. The first-order valence-corrected chi connectivity index (χ1v) is 10.2. The fourth-order valence-electron chi connectivity index (χ4n) is 4.25. The number of carbonyl (C=O) groups is 3. The summed E-state index contributed by atoms with van der Waals surface area (Å²) in [4.78, 5) is 39.3. The minimum Gasteiger partial charge on any atom is -0.481 e. The van der Waals surface area contributed by atoms with Gasteiger partial charge in [-0.25, -0.2) is 0 Å². The van der Waals surface area contributed by atoms with Gasteiger partial charge >= 0.3 is 5.97 Å². The van der Waals surface area contributed by atoms with Crippen molar-refractivity contribution in [3.8, 4) is 0 Å². The third-order valence-corrected chi connectivity index (χ3v) is 5.92. The molecule has 0 bridgehead atoms. The standard InChI is InChI=1S/C22H30N2O4/c1-13(2)10-19(23-20(25)16-7-5-4-6-14(16)3)21(26)24-11-17(15-8-9-15)18(12-24)22(27)28/h4-7,13,15,17-19H,8-12H2,1-3H3,(H,23,25)(H,27,28)/t17-,18+,19?/m1/s1. The molecule has 1 saturated carbocycles. The molecule has 3 atom stereocenters. The lowest BCUT2D eigenvalue weighted by Crippen LogP contribution is -2.49. The topological polar surface area (TPSA) is 86.7 Å². The van der Waals surface area contributed by atoms with Gasteiger partial charge in [-0.3, -0.25) is 14.4 Å². The predicted octanol–water partition coefficient (Wildman–Crippen LogP) is 2.71. The van der Waals surface area contributed by atoms with Crippen LogP contribution in [0.15, 0.2) is 24.3 Å². The van der Waals surface area contributed by atoms with E-state index >= 15 is 0 Å². The van der Waals surface area contributed by atoms with Crippen molar-refractivity contribution >= 4 is 17.8 Å². The molecule has 2 aliphatic rings. The molecule has 0 radical (unpaired) electrons. The van der Waals surface area contributed by atoms with Crippen molar-refractivity contribution in [1.82, 2.24) is 10.2 Å². The zero-order chi connectivity index (χ0) is 20.4. The number of aliphatic carboxylic acids is 1. The van der Waals surface area contributed by atoms with Gasteiger partial charge in [-0.1, -0.05) is 32.0 Å². The maximum absolute atomic E-state index is 13.2. The van der Waals surface area contributed by atoms with E-state index in [2.05, 4.69) is 5.32 Å². The molecule has 1 aromatic rings. The normalized spacial score (nSPS) is 22.9. The maximum Gasteiger partial charge on any atom is 0.308 e. The summed E-state index contributed by atoms with van der Waals surface area (Å²) in [6, 6.07) is 6.66. The molecule has 3 rings (SSSR count). The summed E-state index contributed by atoms with van der Waals surface area (Å²) >= 11 is 0. The zero-order valence-electron chi connectivity index (χ0n) is 16.9. The number of nitrogens with one attached hydrogen (secondary N) is 1. The fourth-order valence-corrected chi connectivity index (χ4v) is 4.25. The van der Waals surface area contributed by atoms with Crippen LogP contribution in [0, 0.1) is 30.6 Å². The monoisotopic (exact) mass is 386 g/mol. The minimum atomic E-state index is -0.823. The van der Waals surface area contributed by atoms with Crippen LogP contribution in [0.25, 0.3) is 0 Å². The van der Waals surface area contributed by atoms with Gasteiger partial charge in [0.1, 0.15) is 6.04 Å². The Labute approximate surface area is 166 Å². The lowest BCUT2D eigenvalue weighted by Gasteiger charge is -2.26. The second-order valence-electron chi connectivity index (χ2n) is 8.66. The van der Waals surface area contributed by atoms with Gasteiger partial charge in [0, 0.05) is 18.7 Å². The van der Waals surface area contributed by atoms with Gasteiger partial charge in [-0.05, 0) is 55.6 Å². The van der Waals surface area contributed by atoms with Gasteiger partial charge < -0.3 is 15.3 Å². The van der Waals surface area contributed by atoms with Crippen molar-refractivity contribution < 1.29 is 19.5 Å². The van der Waals surface area contributed by atoms with Crippen LogP contribution in [0.1, 0.15) is 49.0 Å². The number of hydrogen-bond donors (Lipinski definition) is 2. The number of carboxylic acid groups (broad SMARTS) is 1. The van der Waals surface area contributed by atoms with Crippen LogP contribution in [0.5, 0.6) is 0 Å². The average molecular weight is 386 g/mol. The van der Waals surface area contributed by atoms with Crippen LogP contribution < -0.4 is 5.32 Å². The smallest absolute Gasteiger partial charge is 0.308 e. The fraction of sp³-hybridized carbons (Fsp3) is 0.591. The van der Waals surface area contributed by atoms with E-state index in [1.807, 2.05) is 32.9 Å². The number of amides is 2. The molecule has 1 saturated heterocycles. The largest absolute Gasteiger partial charge is 0.481 e. The highest BCUT2D eigenvalue weighted by atomic mass is 16.4. The quantitative estimate of drug-likeness (QED) is 0.754. The van der Waals surface area contributed by atoms with Crippen molar-refractivity contribution in [2.45, 2.75) is 46.1 Å². The first-order chi connectivity index (χ1) is 13.3. The number of benzene rings is 1. The van der Waals surface area contributed by atoms with Crippen LogP contribution in [0.4, 0.5) is 0 Å². The Balaban J connectivity index is 1.74. The van der Waals surface area contributed by atoms with E-state index in [-0.39, 0.29) is 30.2 Å².